The van der Waals surface area contributed by atoms with Crippen molar-refractivity contribution in [1.82, 2.24) is 10.2 Å². The molecule has 0 aromatic heterocycles. The second-order valence-corrected chi connectivity index (χ2v) is 12.0. The number of nitrogens with zero attached hydrogens (tertiary/aromatic N) is 2. The zero-order valence-electron chi connectivity index (χ0n) is 22.5. The average Bonchev–Trinajstić information content (AvgIpc) is 2.94. The van der Waals surface area contributed by atoms with Crippen molar-refractivity contribution in [2.24, 2.45) is 0 Å². The average molecular weight is 609 g/mol. The monoisotopic (exact) mass is 607 g/mol. The number of nitrogens with one attached hydrogen (secondary N) is 1. The van der Waals surface area contributed by atoms with E-state index in [1.54, 1.807) is 43.3 Å². The van der Waals surface area contributed by atoms with Gasteiger partial charge in [0.1, 0.15) is 18.4 Å². The molecule has 7 nitrogen and oxygen atoms in total. The molecule has 2 atom stereocenters. The van der Waals surface area contributed by atoms with E-state index in [0.717, 1.165) is 16.4 Å². The molecule has 0 bridgehead atoms. The Morgan fingerprint density at radius 2 is 1.57 bits per heavy atom. The van der Waals surface area contributed by atoms with E-state index >= 15 is 0 Å². The van der Waals surface area contributed by atoms with Crippen LogP contribution in [0.25, 0.3) is 0 Å². The molecule has 1 N–H and O–H groups in total. The number of anilines is 1. The van der Waals surface area contributed by atoms with Crippen LogP contribution >= 0.6 is 23.2 Å². The maximum Gasteiger partial charge on any atom is 0.264 e. The summed E-state index contributed by atoms with van der Waals surface area (Å²) in [6.45, 7) is 4.91. The highest BCUT2D eigenvalue weighted by atomic mass is 35.5. The molecular formula is C29H32Cl2FN3O4S. The second-order valence-electron chi connectivity index (χ2n) is 9.31. The van der Waals surface area contributed by atoms with Crippen LogP contribution in [0.5, 0.6) is 0 Å². The Balaban J connectivity index is 2.06. The minimum atomic E-state index is -4.23. The maximum atomic E-state index is 14.0. The number of hydrogen-bond acceptors (Lipinski definition) is 4. The predicted octanol–water partition coefficient (Wildman–Crippen LogP) is 6.05. The number of sulfonamides is 1. The number of benzene rings is 3. The van der Waals surface area contributed by atoms with Crippen LogP contribution in [0, 0.1) is 5.82 Å². The molecule has 3 rings (SSSR count). The summed E-state index contributed by atoms with van der Waals surface area (Å²) in [5.41, 5.74) is 0.710. The molecule has 0 spiro atoms. The van der Waals surface area contributed by atoms with Crippen molar-refractivity contribution in [2.45, 2.75) is 57.1 Å². The Hall–Kier alpha value is -3.14. The Kier molecular flexibility index (Phi) is 11.0. The van der Waals surface area contributed by atoms with Crippen molar-refractivity contribution >= 4 is 50.7 Å². The van der Waals surface area contributed by atoms with Crippen LogP contribution < -0.4 is 9.62 Å². The number of hydrogen-bond donors (Lipinski definition) is 1. The van der Waals surface area contributed by atoms with Crippen LogP contribution in [-0.2, 0) is 26.2 Å². The summed E-state index contributed by atoms with van der Waals surface area (Å²) >= 11 is 12.3. The fourth-order valence-electron chi connectivity index (χ4n) is 4.05. The lowest BCUT2D eigenvalue weighted by atomic mass is 10.1. The molecule has 214 valence electrons. The van der Waals surface area contributed by atoms with Gasteiger partial charge >= 0.3 is 0 Å². The fourth-order valence-corrected chi connectivity index (χ4v) is 5.81. The number of amides is 2. The van der Waals surface area contributed by atoms with E-state index in [4.69, 9.17) is 23.2 Å². The first kappa shape index (κ1) is 31.4. The molecule has 0 saturated heterocycles. The lowest BCUT2D eigenvalue weighted by Gasteiger charge is -2.33. The standard InChI is InChI=1S/C29H32Cl2FN3O4S/c1-4-20(3)33-29(37)27(5-2)34(18-21-11-16-25(30)26(31)17-21)28(36)19-35(23-14-12-22(32)13-15-23)40(38,39)24-9-7-6-8-10-24/h6-17,20,27H,4-5,18-19H2,1-3H3,(H,33,37). The number of rotatable bonds is 12. The highest BCUT2D eigenvalue weighted by Crippen LogP contribution is 2.27. The summed E-state index contributed by atoms with van der Waals surface area (Å²) in [5, 5.41) is 3.53. The van der Waals surface area contributed by atoms with Crippen LogP contribution in [0.1, 0.15) is 39.2 Å². The highest BCUT2D eigenvalue weighted by Gasteiger charge is 2.34. The Labute approximate surface area is 244 Å². The molecule has 0 fully saturated rings. The summed E-state index contributed by atoms with van der Waals surface area (Å²) < 4.78 is 42.1. The summed E-state index contributed by atoms with van der Waals surface area (Å²) in [5.74, 6) is -1.54. The third kappa shape index (κ3) is 7.74. The Bertz CT molecular complexity index is 1420. The molecule has 0 aliphatic rings. The van der Waals surface area contributed by atoms with E-state index in [0.29, 0.717) is 17.0 Å². The van der Waals surface area contributed by atoms with Crippen LogP contribution in [-0.4, -0.2) is 43.8 Å². The van der Waals surface area contributed by atoms with Gasteiger partial charge in [0, 0.05) is 12.6 Å². The summed E-state index contributed by atoms with van der Waals surface area (Å²) in [4.78, 5) is 28.6. The topological polar surface area (TPSA) is 86.8 Å². The molecule has 2 amide bonds. The number of halogens is 3. The number of carbonyl (C=O) groups is 2. The van der Waals surface area contributed by atoms with Gasteiger partial charge in [-0.25, -0.2) is 12.8 Å². The summed E-state index contributed by atoms with van der Waals surface area (Å²) in [6, 6.07) is 16.3. The first-order valence-corrected chi connectivity index (χ1v) is 15.0. The summed E-state index contributed by atoms with van der Waals surface area (Å²) in [6.07, 6.45) is 0.966. The molecule has 0 aliphatic heterocycles. The Morgan fingerprint density at radius 3 is 2.15 bits per heavy atom. The molecule has 0 aliphatic carbocycles. The highest BCUT2D eigenvalue weighted by molar-refractivity contribution is 7.92. The second kappa shape index (κ2) is 14.0. The van der Waals surface area contributed by atoms with Gasteiger partial charge in [-0.05, 0) is 73.9 Å². The smallest absolute Gasteiger partial charge is 0.264 e. The van der Waals surface area contributed by atoms with Crippen molar-refractivity contribution in [3.05, 3.63) is 94.2 Å². The lowest BCUT2D eigenvalue weighted by Crippen LogP contribution is -2.53. The van der Waals surface area contributed by atoms with Gasteiger partial charge in [0.25, 0.3) is 10.0 Å². The van der Waals surface area contributed by atoms with Crippen LogP contribution in [0.3, 0.4) is 0 Å². The van der Waals surface area contributed by atoms with Crippen LogP contribution in [0.2, 0.25) is 10.0 Å². The molecule has 40 heavy (non-hydrogen) atoms. The van der Waals surface area contributed by atoms with Crippen molar-refractivity contribution in [3.63, 3.8) is 0 Å². The minimum Gasteiger partial charge on any atom is -0.352 e. The van der Waals surface area contributed by atoms with Gasteiger partial charge in [0.15, 0.2) is 0 Å². The summed E-state index contributed by atoms with van der Waals surface area (Å²) in [7, 11) is -4.23. The van der Waals surface area contributed by atoms with E-state index in [9.17, 15) is 22.4 Å². The molecular weight excluding hydrogens is 576 g/mol. The first-order chi connectivity index (χ1) is 19.0. The zero-order valence-corrected chi connectivity index (χ0v) is 24.8. The van der Waals surface area contributed by atoms with Gasteiger partial charge < -0.3 is 10.2 Å². The molecule has 3 aromatic carbocycles. The molecule has 3 aromatic rings. The van der Waals surface area contributed by atoms with E-state index in [-0.39, 0.29) is 40.5 Å². The van der Waals surface area contributed by atoms with Crippen molar-refractivity contribution in [2.75, 3.05) is 10.8 Å². The third-order valence-electron chi connectivity index (χ3n) is 6.45. The van der Waals surface area contributed by atoms with Gasteiger partial charge in [-0.3, -0.25) is 13.9 Å². The lowest BCUT2D eigenvalue weighted by molar-refractivity contribution is -0.140. The normalized spacial score (nSPS) is 12.8. The van der Waals surface area contributed by atoms with Gasteiger partial charge in [0.05, 0.1) is 20.6 Å². The maximum absolute atomic E-state index is 14.0. The van der Waals surface area contributed by atoms with Gasteiger partial charge in [-0.2, -0.15) is 0 Å². The van der Waals surface area contributed by atoms with E-state index < -0.39 is 34.3 Å². The predicted molar refractivity (Wildman–Crippen MR) is 156 cm³/mol. The minimum absolute atomic E-state index is 0.0230. The largest absolute Gasteiger partial charge is 0.352 e. The van der Waals surface area contributed by atoms with Crippen molar-refractivity contribution < 1.29 is 22.4 Å². The molecule has 11 heteroatoms. The zero-order chi connectivity index (χ0) is 29.4. The van der Waals surface area contributed by atoms with Crippen LogP contribution in [0.15, 0.2) is 77.7 Å². The first-order valence-electron chi connectivity index (χ1n) is 12.8. The van der Waals surface area contributed by atoms with E-state index in [1.165, 1.54) is 29.2 Å². The van der Waals surface area contributed by atoms with Gasteiger partial charge in [-0.15, -0.1) is 0 Å². The van der Waals surface area contributed by atoms with Gasteiger partial charge in [-0.1, -0.05) is 61.3 Å². The van der Waals surface area contributed by atoms with Crippen molar-refractivity contribution in [1.29, 1.82) is 0 Å². The fraction of sp³-hybridized carbons (Fsp3) is 0.310. The third-order valence-corrected chi connectivity index (χ3v) is 8.98. The number of carbonyl (C=O) groups excluding carboxylic acids is 2. The van der Waals surface area contributed by atoms with E-state index in [1.807, 2.05) is 13.8 Å². The molecule has 0 radical (unpaired) electrons. The molecule has 2 unspecified atom stereocenters. The molecule has 0 heterocycles. The quantitative estimate of drug-likeness (QED) is 0.271. The van der Waals surface area contributed by atoms with E-state index in [2.05, 4.69) is 5.32 Å². The molecule has 0 saturated carbocycles. The van der Waals surface area contributed by atoms with Crippen LogP contribution in [0.4, 0.5) is 10.1 Å². The van der Waals surface area contributed by atoms with Crippen molar-refractivity contribution in [3.8, 4) is 0 Å². The SMILES string of the molecule is CCC(C)NC(=O)C(CC)N(Cc1ccc(Cl)c(Cl)c1)C(=O)CN(c1ccc(F)cc1)S(=O)(=O)c1ccccc1. The Morgan fingerprint density at radius 1 is 0.925 bits per heavy atom. The van der Waals surface area contributed by atoms with Gasteiger partial charge in [0.2, 0.25) is 11.8 Å².